The van der Waals surface area contributed by atoms with Crippen molar-refractivity contribution < 1.29 is 15.0 Å². The predicted molar refractivity (Wildman–Crippen MR) is 69.4 cm³/mol. The lowest BCUT2D eigenvalue weighted by molar-refractivity contribution is -0.105. The third kappa shape index (κ3) is 2.91. The van der Waals surface area contributed by atoms with Gasteiger partial charge in [0, 0.05) is 18.6 Å². The standard InChI is InChI=1S/C11H17N5O3/c12-10-9(15-5-18)11(14-4-13-10)16-7-1-6(3-17)8(19)2-7/h4-8,17,19H,1-3H2,(H,15,18)(H3,12,13,14,16)/t6-,7-,8+/m1/s1. The molecule has 8 nitrogen and oxygen atoms in total. The Hall–Kier alpha value is -1.93. The second kappa shape index (κ2) is 5.81. The van der Waals surface area contributed by atoms with Crippen molar-refractivity contribution in [1.29, 1.82) is 0 Å². The number of nitrogens with one attached hydrogen (secondary N) is 2. The van der Waals surface area contributed by atoms with E-state index >= 15 is 0 Å². The molecule has 0 saturated heterocycles. The predicted octanol–water partition coefficient (Wildman–Crippen LogP) is -0.829. The Labute approximate surface area is 110 Å². The number of aromatic nitrogens is 2. The summed E-state index contributed by atoms with van der Waals surface area (Å²) >= 11 is 0. The topological polar surface area (TPSA) is 133 Å². The van der Waals surface area contributed by atoms with Gasteiger partial charge in [-0.3, -0.25) is 4.79 Å². The number of carbonyl (C=O) groups is 1. The Morgan fingerprint density at radius 2 is 2.26 bits per heavy atom. The maximum atomic E-state index is 10.5. The molecule has 1 aliphatic rings. The van der Waals surface area contributed by atoms with E-state index < -0.39 is 6.10 Å². The molecule has 1 fully saturated rings. The minimum Gasteiger partial charge on any atom is -0.396 e. The summed E-state index contributed by atoms with van der Waals surface area (Å²) in [6, 6.07) is -0.0337. The zero-order chi connectivity index (χ0) is 13.8. The number of rotatable bonds is 5. The molecule has 6 N–H and O–H groups in total. The van der Waals surface area contributed by atoms with Gasteiger partial charge in [-0.05, 0) is 12.8 Å². The summed E-state index contributed by atoms with van der Waals surface area (Å²) in [5, 5.41) is 24.4. The maximum absolute atomic E-state index is 10.5. The van der Waals surface area contributed by atoms with Crippen LogP contribution in [0.2, 0.25) is 0 Å². The maximum Gasteiger partial charge on any atom is 0.211 e. The number of aliphatic hydroxyl groups is 2. The SMILES string of the molecule is Nc1ncnc(N[C@@H]2C[C@H](CO)[C@@H](O)C2)c1NC=O. The lowest BCUT2D eigenvalue weighted by atomic mass is 10.1. The van der Waals surface area contributed by atoms with E-state index in [2.05, 4.69) is 20.6 Å². The van der Waals surface area contributed by atoms with E-state index in [0.29, 0.717) is 30.8 Å². The smallest absolute Gasteiger partial charge is 0.211 e. The van der Waals surface area contributed by atoms with Crippen molar-refractivity contribution in [3.05, 3.63) is 6.33 Å². The molecule has 0 spiro atoms. The first-order valence-electron chi connectivity index (χ1n) is 6.01. The highest BCUT2D eigenvalue weighted by Crippen LogP contribution is 2.31. The molecule has 0 aromatic carbocycles. The molecule has 1 aromatic heterocycles. The third-order valence-corrected chi connectivity index (χ3v) is 3.31. The normalized spacial score (nSPS) is 26.1. The van der Waals surface area contributed by atoms with Gasteiger partial charge < -0.3 is 26.6 Å². The molecule has 1 aromatic rings. The Morgan fingerprint density at radius 1 is 1.47 bits per heavy atom. The van der Waals surface area contributed by atoms with Crippen LogP contribution < -0.4 is 16.4 Å². The number of amides is 1. The Kier molecular flexibility index (Phi) is 4.13. The Morgan fingerprint density at radius 3 is 2.89 bits per heavy atom. The molecule has 104 valence electrons. The van der Waals surface area contributed by atoms with Crippen LogP contribution in [0.3, 0.4) is 0 Å². The van der Waals surface area contributed by atoms with E-state index in [4.69, 9.17) is 10.8 Å². The fraction of sp³-hybridized carbons (Fsp3) is 0.545. The number of nitrogens with two attached hydrogens (primary N) is 1. The molecule has 0 unspecified atom stereocenters. The molecule has 1 saturated carbocycles. The number of nitrogen functional groups attached to an aromatic ring is 1. The zero-order valence-corrected chi connectivity index (χ0v) is 10.3. The Balaban J connectivity index is 2.11. The van der Waals surface area contributed by atoms with Crippen molar-refractivity contribution in [3.8, 4) is 0 Å². The summed E-state index contributed by atoms with van der Waals surface area (Å²) in [6.45, 7) is -0.0509. The minimum atomic E-state index is -0.538. The molecule has 1 heterocycles. The van der Waals surface area contributed by atoms with Gasteiger partial charge in [-0.15, -0.1) is 0 Å². The van der Waals surface area contributed by atoms with E-state index in [1.807, 2.05) is 0 Å². The molecule has 1 amide bonds. The largest absolute Gasteiger partial charge is 0.396 e. The number of anilines is 3. The van der Waals surface area contributed by atoms with Crippen molar-refractivity contribution in [3.63, 3.8) is 0 Å². The second-order valence-corrected chi connectivity index (χ2v) is 4.57. The molecule has 1 aliphatic carbocycles. The molecule has 8 heteroatoms. The van der Waals surface area contributed by atoms with Crippen molar-refractivity contribution in [2.24, 2.45) is 5.92 Å². The molecule has 0 aliphatic heterocycles. The van der Waals surface area contributed by atoms with Crippen LogP contribution in [0, 0.1) is 5.92 Å². The first-order chi connectivity index (χ1) is 9.15. The second-order valence-electron chi connectivity index (χ2n) is 4.57. The van der Waals surface area contributed by atoms with Gasteiger partial charge >= 0.3 is 0 Å². The van der Waals surface area contributed by atoms with E-state index in [-0.39, 0.29) is 24.4 Å². The average Bonchev–Trinajstić information content (AvgIpc) is 2.74. The summed E-state index contributed by atoms with van der Waals surface area (Å²) < 4.78 is 0. The van der Waals surface area contributed by atoms with Crippen LogP contribution in [0.5, 0.6) is 0 Å². The first kappa shape index (κ1) is 13.5. The first-order valence-corrected chi connectivity index (χ1v) is 6.01. The van der Waals surface area contributed by atoms with E-state index in [1.54, 1.807) is 0 Å². The van der Waals surface area contributed by atoms with Crippen LogP contribution in [0.25, 0.3) is 0 Å². The van der Waals surface area contributed by atoms with E-state index in [1.165, 1.54) is 6.33 Å². The number of hydrogen-bond acceptors (Lipinski definition) is 7. The van der Waals surface area contributed by atoms with E-state index in [0.717, 1.165) is 0 Å². The summed E-state index contributed by atoms with van der Waals surface area (Å²) in [6.07, 6.45) is 2.39. The van der Waals surface area contributed by atoms with Crippen molar-refractivity contribution in [2.75, 3.05) is 23.0 Å². The lowest BCUT2D eigenvalue weighted by Crippen LogP contribution is -2.19. The molecule has 0 radical (unpaired) electrons. The van der Waals surface area contributed by atoms with Gasteiger partial charge in [-0.1, -0.05) is 0 Å². The van der Waals surface area contributed by atoms with Crippen molar-refractivity contribution in [1.82, 2.24) is 9.97 Å². The van der Waals surface area contributed by atoms with Gasteiger partial charge in [0.1, 0.15) is 12.0 Å². The van der Waals surface area contributed by atoms with Crippen LogP contribution in [-0.4, -0.2) is 45.3 Å². The van der Waals surface area contributed by atoms with Crippen LogP contribution in [0.1, 0.15) is 12.8 Å². The highest BCUT2D eigenvalue weighted by molar-refractivity contribution is 5.85. The van der Waals surface area contributed by atoms with Gasteiger partial charge in [0.2, 0.25) is 6.41 Å². The van der Waals surface area contributed by atoms with Crippen LogP contribution in [0.15, 0.2) is 6.33 Å². The average molecular weight is 267 g/mol. The van der Waals surface area contributed by atoms with Gasteiger partial charge in [-0.2, -0.15) is 0 Å². The highest BCUT2D eigenvalue weighted by Gasteiger charge is 2.33. The van der Waals surface area contributed by atoms with Gasteiger partial charge in [0.15, 0.2) is 11.6 Å². The molecule has 3 atom stereocenters. The fourth-order valence-electron chi connectivity index (χ4n) is 2.32. The minimum absolute atomic E-state index is 0.0337. The van der Waals surface area contributed by atoms with Gasteiger partial charge in [-0.25, -0.2) is 9.97 Å². The van der Waals surface area contributed by atoms with E-state index in [9.17, 15) is 9.90 Å². The number of hydrogen-bond donors (Lipinski definition) is 5. The summed E-state index contributed by atoms with van der Waals surface area (Å²) in [5.74, 6) is 0.441. The Bertz CT molecular complexity index is 456. The molecular formula is C11H17N5O3. The van der Waals surface area contributed by atoms with Crippen LogP contribution in [-0.2, 0) is 4.79 Å². The zero-order valence-electron chi connectivity index (χ0n) is 10.3. The van der Waals surface area contributed by atoms with Crippen molar-refractivity contribution >= 4 is 23.7 Å². The quantitative estimate of drug-likeness (QED) is 0.440. The number of carbonyl (C=O) groups excluding carboxylic acids is 1. The summed E-state index contributed by atoms with van der Waals surface area (Å²) in [5.41, 5.74) is 5.98. The molecule has 19 heavy (non-hydrogen) atoms. The monoisotopic (exact) mass is 267 g/mol. The van der Waals surface area contributed by atoms with Crippen molar-refractivity contribution in [2.45, 2.75) is 25.0 Å². The molecule has 2 rings (SSSR count). The highest BCUT2D eigenvalue weighted by atomic mass is 16.3. The van der Waals surface area contributed by atoms with Crippen LogP contribution >= 0.6 is 0 Å². The summed E-state index contributed by atoms with van der Waals surface area (Å²) in [7, 11) is 0. The summed E-state index contributed by atoms with van der Waals surface area (Å²) in [4.78, 5) is 18.4. The molecular weight excluding hydrogens is 250 g/mol. The third-order valence-electron chi connectivity index (χ3n) is 3.31. The van der Waals surface area contributed by atoms with Gasteiger partial charge in [0.05, 0.1) is 6.10 Å². The fourth-order valence-corrected chi connectivity index (χ4v) is 2.32. The molecule has 0 bridgehead atoms. The lowest BCUT2D eigenvalue weighted by Gasteiger charge is -2.16. The number of aliphatic hydroxyl groups excluding tert-OH is 2. The van der Waals surface area contributed by atoms with Gasteiger partial charge in [0.25, 0.3) is 0 Å². The van der Waals surface area contributed by atoms with Crippen LogP contribution in [0.4, 0.5) is 17.3 Å². The number of nitrogens with zero attached hydrogens (tertiary/aromatic N) is 2.